The lowest BCUT2D eigenvalue weighted by molar-refractivity contribution is -0.120. The van der Waals surface area contributed by atoms with Crippen LogP contribution in [0, 0.1) is 5.92 Å². The van der Waals surface area contributed by atoms with E-state index < -0.39 is 23.6 Å². The van der Waals surface area contributed by atoms with Gasteiger partial charge in [-0.1, -0.05) is 0 Å². The van der Waals surface area contributed by atoms with Gasteiger partial charge in [-0.05, 0) is 39.5 Å². The maximum atomic E-state index is 11.4. The minimum Gasteiger partial charge on any atom is -0.444 e. The Labute approximate surface area is 89.3 Å². The van der Waals surface area contributed by atoms with Crippen molar-refractivity contribution < 1.29 is 14.3 Å². The lowest BCUT2D eigenvalue weighted by Crippen LogP contribution is -2.47. The molecule has 86 valence electrons. The van der Waals surface area contributed by atoms with E-state index in [2.05, 4.69) is 5.32 Å². The fourth-order valence-electron chi connectivity index (χ4n) is 1.29. The highest BCUT2D eigenvalue weighted by atomic mass is 16.6. The van der Waals surface area contributed by atoms with Crippen molar-refractivity contribution in [3.63, 3.8) is 0 Å². The maximum absolute atomic E-state index is 11.4. The number of hydrogen-bond donors (Lipinski definition) is 2. The first kappa shape index (κ1) is 11.8. The molecule has 0 unspecified atom stereocenters. The molecule has 1 atom stereocenters. The largest absolute Gasteiger partial charge is 0.444 e. The zero-order valence-electron chi connectivity index (χ0n) is 9.37. The van der Waals surface area contributed by atoms with Gasteiger partial charge in [0.15, 0.2) is 0 Å². The van der Waals surface area contributed by atoms with Gasteiger partial charge in [0.25, 0.3) is 0 Å². The average molecular weight is 214 g/mol. The van der Waals surface area contributed by atoms with Gasteiger partial charge >= 0.3 is 6.09 Å². The molecule has 0 heterocycles. The van der Waals surface area contributed by atoms with Gasteiger partial charge in [0, 0.05) is 0 Å². The monoisotopic (exact) mass is 214 g/mol. The Bertz CT molecular complexity index is 266. The van der Waals surface area contributed by atoms with Crippen LogP contribution in [-0.4, -0.2) is 23.6 Å². The third kappa shape index (κ3) is 4.18. The van der Waals surface area contributed by atoms with Crippen molar-refractivity contribution in [3.8, 4) is 0 Å². The van der Waals surface area contributed by atoms with Crippen LogP contribution in [0.15, 0.2) is 0 Å². The molecule has 0 spiro atoms. The Kier molecular flexibility index (Phi) is 3.21. The van der Waals surface area contributed by atoms with Crippen LogP contribution < -0.4 is 11.1 Å². The summed E-state index contributed by atoms with van der Waals surface area (Å²) in [7, 11) is 0. The molecule has 0 aromatic rings. The van der Waals surface area contributed by atoms with Crippen LogP contribution in [0.2, 0.25) is 0 Å². The summed E-state index contributed by atoms with van der Waals surface area (Å²) in [5.41, 5.74) is 4.62. The zero-order chi connectivity index (χ0) is 11.6. The Balaban J connectivity index is 2.44. The summed E-state index contributed by atoms with van der Waals surface area (Å²) in [6.45, 7) is 5.30. The summed E-state index contributed by atoms with van der Waals surface area (Å²) >= 11 is 0. The van der Waals surface area contributed by atoms with E-state index in [0.29, 0.717) is 0 Å². The molecule has 5 heteroatoms. The van der Waals surface area contributed by atoms with Gasteiger partial charge in [-0.25, -0.2) is 4.79 Å². The van der Waals surface area contributed by atoms with Crippen molar-refractivity contribution in [2.45, 2.75) is 45.3 Å². The van der Waals surface area contributed by atoms with Crippen LogP contribution in [0.25, 0.3) is 0 Å². The number of ether oxygens (including phenoxy) is 1. The predicted molar refractivity (Wildman–Crippen MR) is 55.1 cm³/mol. The van der Waals surface area contributed by atoms with Crippen LogP contribution in [-0.2, 0) is 9.53 Å². The molecule has 15 heavy (non-hydrogen) atoms. The molecule has 1 aliphatic rings. The fraction of sp³-hybridized carbons (Fsp3) is 0.800. The normalized spacial score (nSPS) is 18.1. The van der Waals surface area contributed by atoms with Crippen LogP contribution in [0.1, 0.15) is 33.6 Å². The molecule has 0 radical (unpaired) electrons. The second-order valence-electron chi connectivity index (χ2n) is 4.86. The van der Waals surface area contributed by atoms with Gasteiger partial charge in [-0.15, -0.1) is 0 Å². The van der Waals surface area contributed by atoms with Gasteiger partial charge in [-0.3, -0.25) is 4.79 Å². The molecule has 1 aliphatic carbocycles. The van der Waals surface area contributed by atoms with Crippen molar-refractivity contribution in [2.24, 2.45) is 11.7 Å². The van der Waals surface area contributed by atoms with Gasteiger partial charge in [-0.2, -0.15) is 0 Å². The molecule has 0 saturated heterocycles. The van der Waals surface area contributed by atoms with Crippen molar-refractivity contribution in [1.29, 1.82) is 0 Å². The van der Waals surface area contributed by atoms with E-state index in [0.717, 1.165) is 12.8 Å². The third-order valence-electron chi connectivity index (χ3n) is 2.07. The van der Waals surface area contributed by atoms with E-state index in [4.69, 9.17) is 10.5 Å². The minimum absolute atomic E-state index is 0.190. The number of hydrogen-bond acceptors (Lipinski definition) is 3. The molecule has 0 aromatic carbocycles. The van der Waals surface area contributed by atoms with Crippen LogP contribution >= 0.6 is 0 Å². The van der Waals surface area contributed by atoms with E-state index in [-0.39, 0.29) is 5.92 Å². The predicted octanol–water partition coefficient (Wildman–Crippen LogP) is 0.775. The standard InChI is InChI=1S/C10H18N2O3/c1-10(2,3)15-9(14)12-7(8(11)13)6-4-5-6/h6-7H,4-5H2,1-3H3,(H2,11,13)(H,12,14)/t7-/m1/s1. The third-order valence-corrected chi connectivity index (χ3v) is 2.07. The molecule has 1 fully saturated rings. The number of rotatable bonds is 3. The Morgan fingerprint density at radius 1 is 1.40 bits per heavy atom. The molecule has 0 aliphatic heterocycles. The average Bonchev–Trinajstić information content (AvgIpc) is 2.78. The quantitative estimate of drug-likeness (QED) is 0.728. The van der Waals surface area contributed by atoms with Gasteiger partial charge in [0.2, 0.25) is 5.91 Å². The van der Waals surface area contributed by atoms with E-state index in [1.165, 1.54) is 0 Å². The molecule has 0 aromatic heterocycles. The Morgan fingerprint density at radius 2 is 1.93 bits per heavy atom. The topological polar surface area (TPSA) is 81.4 Å². The molecule has 3 N–H and O–H groups in total. The second-order valence-corrected chi connectivity index (χ2v) is 4.86. The van der Waals surface area contributed by atoms with E-state index in [9.17, 15) is 9.59 Å². The summed E-state index contributed by atoms with van der Waals surface area (Å²) in [6, 6.07) is -0.583. The van der Waals surface area contributed by atoms with E-state index in [1.807, 2.05) is 0 Å². The lowest BCUT2D eigenvalue weighted by atomic mass is 10.2. The smallest absolute Gasteiger partial charge is 0.408 e. The van der Waals surface area contributed by atoms with Crippen LogP contribution in [0.5, 0.6) is 0 Å². The first-order valence-electron chi connectivity index (χ1n) is 5.08. The summed E-state index contributed by atoms with van der Waals surface area (Å²) in [6.07, 6.45) is 1.28. The number of carbonyl (C=O) groups excluding carboxylic acids is 2. The fourth-order valence-corrected chi connectivity index (χ4v) is 1.29. The minimum atomic E-state index is -0.585. The highest BCUT2D eigenvalue weighted by Crippen LogP contribution is 2.32. The number of nitrogens with one attached hydrogen (secondary N) is 1. The second kappa shape index (κ2) is 4.08. The summed E-state index contributed by atoms with van der Waals surface area (Å²) < 4.78 is 5.04. The van der Waals surface area contributed by atoms with Gasteiger partial charge < -0.3 is 15.8 Å². The number of carbonyl (C=O) groups is 2. The van der Waals surface area contributed by atoms with Gasteiger partial charge in [0.05, 0.1) is 0 Å². The first-order valence-corrected chi connectivity index (χ1v) is 5.08. The summed E-state index contributed by atoms with van der Waals surface area (Å²) in [5, 5.41) is 2.50. The van der Waals surface area contributed by atoms with E-state index in [1.54, 1.807) is 20.8 Å². The van der Waals surface area contributed by atoms with Crippen molar-refractivity contribution in [3.05, 3.63) is 0 Å². The summed E-state index contributed by atoms with van der Waals surface area (Å²) in [4.78, 5) is 22.4. The molecule has 5 nitrogen and oxygen atoms in total. The number of amides is 2. The molecule has 1 rings (SSSR count). The zero-order valence-corrected chi connectivity index (χ0v) is 9.37. The SMILES string of the molecule is CC(C)(C)OC(=O)N[C@@H](C(N)=O)C1CC1. The highest BCUT2D eigenvalue weighted by Gasteiger charge is 2.36. The first-order chi connectivity index (χ1) is 6.79. The number of nitrogens with two attached hydrogens (primary N) is 1. The van der Waals surface area contributed by atoms with E-state index >= 15 is 0 Å². The molecular formula is C10H18N2O3. The maximum Gasteiger partial charge on any atom is 0.408 e. The number of primary amides is 1. The molecular weight excluding hydrogens is 196 g/mol. The molecule has 2 amide bonds. The molecule has 1 saturated carbocycles. The van der Waals surface area contributed by atoms with Crippen molar-refractivity contribution in [2.75, 3.05) is 0 Å². The molecule has 0 bridgehead atoms. The van der Waals surface area contributed by atoms with Crippen LogP contribution in [0.3, 0.4) is 0 Å². The van der Waals surface area contributed by atoms with Crippen molar-refractivity contribution in [1.82, 2.24) is 5.32 Å². The highest BCUT2D eigenvalue weighted by molar-refractivity contribution is 5.84. The van der Waals surface area contributed by atoms with Crippen LogP contribution in [0.4, 0.5) is 4.79 Å². The van der Waals surface area contributed by atoms with Crippen molar-refractivity contribution >= 4 is 12.0 Å². The van der Waals surface area contributed by atoms with Gasteiger partial charge in [0.1, 0.15) is 11.6 Å². The number of alkyl carbamates (subject to hydrolysis) is 1. The lowest BCUT2D eigenvalue weighted by Gasteiger charge is -2.22. The summed E-state index contributed by atoms with van der Waals surface area (Å²) in [5.74, 6) is -0.307. The Hall–Kier alpha value is -1.26. The Morgan fingerprint density at radius 3 is 2.27 bits per heavy atom.